The van der Waals surface area contributed by atoms with Gasteiger partial charge in [0.2, 0.25) is 5.91 Å². The van der Waals surface area contributed by atoms with Gasteiger partial charge in [0.25, 0.3) is 5.91 Å². The molecule has 1 aliphatic heterocycles. The molecular weight excluding hydrogens is 452 g/mol. The number of ketones is 1. The molecule has 2 atom stereocenters. The Kier molecular flexibility index (Phi) is 6.89. The third kappa shape index (κ3) is 5.06. The fourth-order valence-electron chi connectivity index (χ4n) is 3.30. The molecule has 1 heterocycles. The van der Waals surface area contributed by atoms with Crippen LogP contribution < -0.4 is 10.6 Å². The summed E-state index contributed by atoms with van der Waals surface area (Å²) in [5, 5.41) is 15.1. The maximum atomic E-state index is 13.1. The van der Waals surface area contributed by atoms with Crippen molar-refractivity contribution in [2.45, 2.75) is 31.3 Å². The minimum absolute atomic E-state index is 0.0405. The Bertz CT molecular complexity index is 947. The fourth-order valence-corrected chi connectivity index (χ4v) is 3.70. The Morgan fingerprint density at radius 2 is 1.97 bits per heavy atom. The molecule has 0 saturated carbocycles. The zero-order chi connectivity index (χ0) is 21.7. The van der Waals surface area contributed by atoms with Crippen molar-refractivity contribution in [1.82, 2.24) is 10.6 Å². The third-order valence-electron chi connectivity index (χ3n) is 5.17. The van der Waals surface area contributed by atoms with Gasteiger partial charge in [0, 0.05) is 16.5 Å². The number of hydrogen-bond acceptors (Lipinski definition) is 5. The zero-order valence-corrected chi connectivity index (χ0v) is 18.1. The summed E-state index contributed by atoms with van der Waals surface area (Å²) in [7, 11) is 0. The molecule has 0 spiro atoms. The van der Waals surface area contributed by atoms with Crippen LogP contribution in [-0.2, 0) is 20.7 Å². The van der Waals surface area contributed by atoms with E-state index in [-0.39, 0.29) is 31.2 Å². The van der Waals surface area contributed by atoms with E-state index in [1.165, 1.54) is 12.1 Å². The highest BCUT2D eigenvalue weighted by molar-refractivity contribution is 9.10. The van der Waals surface area contributed by atoms with Gasteiger partial charge in [-0.1, -0.05) is 41.1 Å². The van der Waals surface area contributed by atoms with Crippen LogP contribution in [0, 0.1) is 0 Å². The molecule has 7 nitrogen and oxygen atoms in total. The summed E-state index contributed by atoms with van der Waals surface area (Å²) >= 11 is 3.33. The lowest BCUT2D eigenvalue weighted by Gasteiger charge is -2.28. The van der Waals surface area contributed by atoms with E-state index in [0.717, 1.165) is 10.0 Å². The van der Waals surface area contributed by atoms with E-state index < -0.39 is 23.4 Å². The Morgan fingerprint density at radius 1 is 1.23 bits per heavy atom. The first-order chi connectivity index (χ1) is 14.3. The summed E-state index contributed by atoms with van der Waals surface area (Å²) in [6, 6.07) is 12.3. The summed E-state index contributed by atoms with van der Waals surface area (Å²) in [6.07, 6.45) is 0.587. The van der Waals surface area contributed by atoms with E-state index in [1.807, 2.05) is 6.92 Å². The van der Waals surface area contributed by atoms with Gasteiger partial charge in [-0.3, -0.25) is 14.4 Å². The monoisotopic (exact) mass is 474 g/mol. The van der Waals surface area contributed by atoms with Gasteiger partial charge < -0.3 is 20.5 Å². The van der Waals surface area contributed by atoms with E-state index in [9.17, 15) is 19.5 Å². The number of ether oxygens (including phenoxy) is 1. The van der Waals surface area contributed by atoms with Crippen molar-refractivity contribution in [1.29, 1.82) is 0 Å². The fraction of sp³-hybridized carbons (Fsp3) is 0.318. The number of amides is 2. The van der Waals surface area contributed by atoms with Crippen LogP contribution in [0.4, 0.5) is 0 Å². The normalized spacial score (nSPS) is 19.3. The molecule has 0 aliphatic carbocycles. The molecule has 0 radical (unpaired) electrons. The molecule has 3 rings (SSSR count). The SMILES string of the molecule is CCC1(NC(=O)C(Cc2ccc(O)cc2)NC(=O)c2cccc(Br)c2)COCC1=O. The predicted molar refractivity (Wildman–Crippen MR) is 114 cm³/mol. The van der Waals surface area contributed by atoms with Crippen LogP contribution in [0.1, 0.15) is 29.3 Å². The summed E-state index contributed by atoms with van der Waals surface area (Å²) in [4.78, 5) is 38.2. The molecule has 2 aromatic carbocycles. The van der Waals surface area contributed by atoms with E-state index in [2.05, 4.69) is 26.6 Å². The van der Waals surface area contributed by atoms with E-state index in [1.54, 1.807) is 36.4 Å². The number of carbonyl (C=O) groups is 3. The van der Waals surface area contributed by atoms with E-state index in [4.69, 9.17) is 4.74 Å². The van der Waals surface area contributed by atoms with Gasteiger partial charge in [-0.05, 0) is 42.3 Å². The van der Waals surface area contributed by atoms with Crippen molar-refractivity contribution in [2.75, 3.05) is 13.2 Å². The number of halogens is 1. The van der Waals surface area contributed by atoms with Gasteiger partial charge in [-0.15, -0.1) is 0 Å². The Hall–Kier alpha value is -2.71. The summed E-state index contributed by atoms with van der Waals surface area (Å²) in [5.74, 6) is -0.946. The van der Waals surface area contributed by atoms with Crippen LogP contribution in [0.2, 0.25) is 0 Å². The number of carbonyl (C=O) groups excluding carboxylic acids is 3. The molecule has 158 valence electrons. The average molecular weight is 475 g/mol. The maximum Gasteiger partial charge on any atom is 0.251 e. The maximum absolute atomic E-state index is 13.1. The first-order valence-electron chi connectivity index (χ1n) is 9.60. The van der Waals surface area contributed by atoms with Crippen LogP contribution in [0.3, 0.4) is 0 Å². The van der Waals surface area contributed by atoms with Crippen molar-refractivity contribution >= 4 is 33.5 Å². The van der Waals surface area contributed by atoms with Gasteiger partial charge in [-0.25, -0.2) is 0 Å². The molecule has 1 saturated heterocycles. The van der Waals surface area contributed by atoms with Gasteiger partial charge in [0.1, 0.15) is 23.9 Å². The average Bonchev–Trinajstić information content (AvgIpc) is 3.09. The molecule has 8 heteroatoms. The Morgan fingerprint density at radius 3 is 2.57 bits per heavy atom. The zero-order valence-electron chi connectivity index (χ0n) is 16.5. The highest BCUT2D eigenvalue weighted by Crippen LogP contribution is 2.20. The Labute approximate surface area is 182 Å². The number of rotatable bonds is 7. The standard InChI is InChI=1S/C22H23BrN2O5/c1-2-22(13-30-12-19(22)27)25-21(29)18(10-14-6-8-17(26)9-7-14)24-20(28)15-4-3-5-16(23)11-15/h3-9,11,18,26H,2,10,12-13H2,1H3,(H,24,28)(H,25,29). The molecule has 2 unspecified atom stereocenters. The molecule has 0 bridgehead atoms. The summed E-state index contributed by atoms with van der Waals surface area (Å²) in [6.45, 7) is 1.88. The topological polar surface area (TPSA) is 105 Å². The van der Waals surface area contributed by atoms with Gasteiger partial charge in [0.05, 0.1) is 6.61 Å². The number of nitrogens with one attached hydrogen (secondary N) is 2. The molecule has 2 amide bonds. The number of Topliss-reactive ketones (excluding diaryl/α,β-unsaturated/α-hetero) is 1. The number of aromatic hydroxyl groups is 1. The number of benzene rings is 2. The lowest BCUT2D eigenvalue weighted by molar-refractivity contribution is -0.130. The summed E-state index contributed by atoms with van der Waals surface area (Å²) < 4.78 is 6.00. The van der Waals surface area contributed by atoms with Crippen molar-refractivity contribution in [2.24, 2.45) is 0 Å². The van der Waals surface area contributed by atoms with E-state index >= 15 is 0 Å². The van der Waals surface area contributed by atoms with Crippen molar-refractivity contribution < 1.29 is 24.2 Å². The lowest BCUT2D eigenvalue weighted by Crippen LogP contribution is -2.59. The molecule has 0 aromatic heterocycles. The highest BCUT2D eigenvalue weighted by Gasteiger charge is 2.44. The van der Waals surface area contributed by atoms with Crippen LogP contribution >= 0.6 is 15.9 Å². The van der Waals surface area contributed by atoms with Crippen LogP contribution in [0.5, 0.6) is 5.75 Å². The summed E-state index contributed by atoms with van der Waals surface area (Å²) in [5.41, 5.74) is 0.0746. The van der Waals surface area contributed by atoms with Crippen molar-refractivity contribution in [3.8, 4) is 5.75 Å². The number of hydrogen-bond donors (Lipinski definition) is 3. The van der Waals surface area contributed by atoms with E-state index in [0.29, 0.717) is 12.0 Å². The second kappa shape index (κ2) is 9.40. The van der Waals surface area contributed by atoms with Gasteiger partial charge in [-0.2, -0.15) is 0 Å². The van der Waals surface area contributed by atoms with Crippen LogP contribution in [0.25, 0.3) is 0 Å². The second-order valence-electron chi connectivity index (χ2n) is 7.25. The highest BCUT2D eigenvalue weighted by atomic mass is 79.9. The second-order valence-corrected chi connectivity index (χ2v) is 8.16. The van der Waals surface area contributed by atoms with Crippen LogP contribution in [-0.4, -0.2) is 47.5 Å². The molecular formula is C22H23BrN2O5. The van der Waals surface area contributed by atoms with Crippen LogP contribution in [0.15, 0.2) is 53.0 Å². The lowest BCUT2D eigenvalue weighted by atomic mass is 9.93. The Balaban J connectivity index is 1.82. The van der Waals surface area contributed by atoms with Crippen molar-refractivity contribution in [3.05, 3.63) is 64.1 Å². The van der Waals surface area contributed by atoms with Crippen molar-refractivity contribution in [3.63, 3.8) is 0 Å². The first-order valence-corrected chi connectivity index (χ1v) is 10.4. The first kappa shape index (κ1) is 22.0. The molecule has 2 aromatic rings. The minimum Gasteiger partial charge on any atom is -0.508 e. The quantitative estimate of drug-likeness (QED) is 0.571. The smallest absolute Gasteiger partial charge is 0.251 e. The third-order valence-corrected chi connectivity index (χ3v) is 5.66. The molecule has 3 N–H and O–H groups in total. The largest absolute Gasteiger partial charge is 0.508 e. The van der Waals surface area contributed by atoms with Gasteiger partial charge in [0.15, 0.2) is 5.78 Å². The van der Waals surface area contributed by atoms with Gasteiger partial charge >= 0.3 is 0 Å². The molecule has 1 fully saturated rings. The number of phenols is 1. The predicted octanol–water partition coefficient (Wildman–Crippen LogP) is 2.36. The molecule has 1 aliphatic rings. The minimum atomic E-state index is -1.08. The number of phenolic OH excluding ortho intramolecular Hbond substituents is 1. The molecule has 30 heavy (non-hydrogen) atoms.